The van der Waals surface area contributed by atoms with Crippen LogP contribution in [-0.4, -0.2) is 21.1 Å². The number of alkyl halides is 1. The van der Waals surface area contributed by atoms with Crippen molar-refractivity contribution in [3.63, 3.8) is 0 Å². The number of rotatable bonds is 1. The van der Waals surface area contributed by atoms with E-state index in [0.717, 1.165) is 6.08 Å². The Morgan fingerprint density at radius 2 is 2.33 bits per heavy atom. The summed E-state index contributed by atoms with van der Waals surface area (Å²) >= 11 is 11.0. The van der Waals surface area contributed by atoms with E-state index in [1.54, 1.807) is 0 Å². The van der Waals surface area contributed by atoms with Crippen LogP contribution in [-0.2, 0) is 0 Å². The molecule has 0 aromatic heterocycles. The van der Waals surface area contributed by atoms with Gasteiger partial charge in [-0.2, -0.15) is 0 Å². The second-order valence-electron chi connectivity index (χ2n) is 2.30. The molecule has 0 aromatic rings. The number of halogens is 2. The van der Waals surface area contributed by atoms with Gasteiger partial charge < -0.3 is 5.11 Å². The molecule has 1 aliphatic carbocycles. The molecule has 0 aromatic carbocycles. The van der Waals surface area contributed by atoms with E-state index in [1.165, 1.54) is 12.2 Å². The van der Waals surface area contributed by atoms with Crippen molar-refractivity contribution in [3.05, 3.63) is 33.4 Å². The van der Waals surface area contributed by atoms with Crippen LogP contribution >= 0.6 is 23.2 Å². The van der Waals surface area contributed by atoms with Gasteiger partial charge in [-0.25, -0.2) is 0 Å². The van der Waals surface area contributed by atoms with E-state index in [0.29, 0.717) is 0 Å². The molecule has 0 amide bonds. The molecular formula is C6H5Cl2NO3. The van der Waals surface area contributed by atoms with Gasteiger partial charge in [-0.1, -0.05) is 17.7 Å². The van der Waals surface area contributed by atoms with Gasteiger partial charge in [0.15, 0.2) is 6.10 Å². The first-order chi connectivity index (χ1) is 5.48. The Hall–Kier alpha value is -0.580. The largest absolute Gasteiger partial charge is 0.379 e. The quantitative estimate of drug-likeness (QED) is 0.306. The fraction of sp³-hybridized carbons (Fsp3) is 0.333. The molecule has 0 bridgehead atoms. The van der Waals surface area contributed by atoms with Crippen molar-refractivity contribution in [2.24, 2.45) is 0 Å². The van der Waals surface area contributed by atoms with Gasteiger partial charge in [-0.15, -0.1) is 0 Å². The predicted octanol–water partition coefficient (Wildman–Crippen LogP) is 1.25. The third-order valence-electron chi connectivity index (χ3n) is 1.51. The van der Waals surface area contributed by atoms with Crippen molar-refractivity contribution in [2.75, 3.05) is 0 Å². The Kier molecular flexibility index (Phi) is 2.41. The highest BCUT2D eigenvalue weighted by molar-refractivity contribution is 6.32. The lowest BCUT2D eigenvalue weighted by Gasteiger charge is -2.22. The van der Waals surface area contributed by atoms with Crippen molar-refractivity contribution in [3.8, 4) is 0 Å². The molecule has 0 saturated heterocycles. The summed E-state index contributed by atoms with van der Waals surface area (Å²) in [5, 5.41) is 19.6. The Morgan fingerprint density at radius 1 is 1.75 bits per heavy atom. The molecule has 2 unspecified atom stereocenters. The van der Waals surface area contributed by atoms with E-state index >= 15 is 0 Å². The normalized spacial score (nSPS) is 34.6. The van der Waals surface area contributed by atoms with Crippen LogP contribution in [0.5, 0.6) is 0 Å². The van der Waals surface area contributed by atoms with Gasteiger partial charge in [0.05, 0.1) is 9.96 Å². The zero-order valence-corrected chi connectivity index (χ0v) is 7.29. The Bertz CT molecular complexity index is 276. The van der Waals surface area contributed by atoms with Crippen LogP contribution in [0.2, 0.25) is 0 Å². The van der Waals surface area contributed by atoms with Crippen LogP contribution in [0.25, 0.3) is 0 Å². The fourth-order valence-electron chi connectivity index (χ4n) is 0.811. The first-order valence-corrected chi connectivity index (χ1v) is 3.80. The number of aliphatic hydroxyl groups excluding tert-OH is 1. The SMILES string of the molecule is O=[N+]([O-])C1(Cl)C=CC=C(Cl)C1O. The van der Waals surface area contributed by atoms with Crippen molar-refractivity contribution >= 4 is 23.2 Å². The van der Waals surface area contributed by atoms with Crippen molar-refractivity contribution in [2.45, 2.75) is 11.1 Å². The minimum Gasteiger partial charge on any atom is -0.379 e. The molecule has 0 saturated carbocycles. The molecule has 4 nitrogen and oxygen atoms in total. The van der Waals surface area contributed by atoms with Crippen LogP contribution in [0, 0.1) is 10.1 Å². The molecule has 0 fully saturated rings. The van der Waals surface area contributed by atoms with Crippen molar-refractivity contribution in [1.29, 1.82) is 0 Å². The summed E-state index contributed by atoms with van der Waals surface area (Å²) in [7, 11) is 0. The maximum atomic E-state index is 10.4. The molecule has 12 heavy (non-hydrogen) atoms. The first kappa shape index (κ1) is 9.51. The van der Waals surface area contributed by atoms with Crippen LogP contribution in [0.4, 0.5) is 0 Å². The second-order valence-corrected chi connectivity index (χ2v) is 3.34. The molecule has 0 aliphatic heterocycles. The average Bonchev–Trinajstić information content (AvgIpc) is 2.00. The summed E-state index contributed by atoms with van der Waals surface area (Å²) < 4.78 is 0. The first-order valence-electron chi connectivity index (χ1n) is 3.05. The van der Waals surface area contributed by atoms with Crippen LogP contribution < -0.4 is 0 Å². The fourth-order valence-corrected chi connectivity index (χ4v) is 1.30. The number of hydrogen-bond acceptors (Lipinski definition) is 3. The van der Waals surface area contributed by atoms with E-state index in [1.807, 2.05) is 0 Å². The average molecular weight is 210 g/mol. The number of nitrogens with zero attached hydrogens (tertiary/aromatic N) is 1. The minimum absolute atomic E-state index is 0.0378. The zero-order chi connectivity index (χ0) is 9.35. The van der Waals surface area contributed by atoms with Crippen LogP contribution in [0.3, 0.4) is 0 Å². The van der Waals surface area contributed by atoms with E-state index in [-0.39, 0.29) is 5.03 Å². The third kappa shape index (κ3) is 1.33. The third-order valence-corrected chi connectivity index (χ3v) is 2.31. The molecule has 1 rings (SSSR count). The number of nitro groups is 1. The van der Waals surface area contributed by atoms with Gasteiger partial charge in [0.2, 0.25) is 0 Å². The predicted molar refractivity (Wildman–Crippen MR) is 44.7 cm³/mol. The second kappa shape index (κ2) is 3.05. The maximum Gasteiger partial charge on any atom is 0.344 e. The molecule has 1 N–H and O–H groups in total. The van der Waals surface area contributed by atoms with Gasteiger partial charge in [-0.3, -0.25) is 10.1 Å². The maximum absolute atomic E-state index is 10.4. The van der Waals surface area contributed by atoms with Crippen molar-refractivity contribution < 1.29 is 10.0 Å². The lowest BCUT2D eigenvalue weighted by molar-refractivity contribution is -0.537. The molecule has 1 aliphatic rings. The summed E-state index contributed by atoms with van der Waals surface area (Å²) in [4.78, 5) is 7.60. The lowest BCUT2D eigenvalue weighted by atomic mass is 10.1. The van der Waals surface area contributed by atoms with E-state index in [2.05, 4.69) is 0 Å². The highest BCUT2D eigenvalue weighted by atomic mass is 35.5. The Balaban J connectivity index is 3.03. The topological polar surface area (TPSA) is 63.4 Å². The van der Waals surface area contributed by atoms with Gasteiger partial charge >= 0.3 is 5.00 Å². The molecule has 0 radical (unpaired) electrons. The minimum atomic E-state index is -2.02. The van der Waals surface area contributed by atoms with Crippen LogP contribution in [0.1, 0.15) is 0 Å². The standard InChI is InChI=1S/C6H5Cl2NO3/c7-4-2-1-3-6(8,5(4)10)9(11)12/h1-3,5,10H. The van der Waals surface area contributed by atoms with Gasteiger partial charge in [0.25, 0.3) is 0 Å². The van der Waals surface area contributed by atoms with Crippen molar-refractivity contribution in [1.82, 2.24) is 0 Å². The molecule has 0 heterocycles. The Morgan fingerprint density at radius 3 is 2.75 bits per heavy atom. The summed E-state index contributed by atoms with van der Waals surface area (Å²) in [6.07, 6.45) is 2.30. The molecule has 0 spiro atoms. The molecule has 6 heteroatoms. The van der Waals surface area contributed by atoms with E-state index in [9.17, 15) is 15.2 Å². The zero-order valence-electron chi connectivity index (χ0n) is 5.78. The number of hydrogen-bond donors (Lipinski definition) is 1. The Labute approximate surface area is 78.2 Å². The highest BCUT2D eigenvalue weighted by Crippen LogP contribution is 2.32. The van der Waals surface area contributed by atoms with Gasteiger partial charge in [-0.05, 0) is 17.7 Å². The summed E-state index contributed by atoms with van der Waals surface area (Å²) in [6, 6.07) is 0. The highest BCUT2D eigenvalue weighted by Gasteiger charge is 2.48. The molecule has 2 atom stereocenters. The van der Waals surface area contributed by atoms with E-state index < -0.39 is 16.0 Å². The lowest BCUT2D eigenvalue weighted by Crippen LogP contribution is -2.43. The molecule has 66 valence electrons. The van der Waals surface area contributed by atoms with E-state index in [4.69, 9.17) is 23.2 Å². The smallest absolute Gasteiger partial charge is 0.344 e. The summed E-state index contributed by atoms with van der Waals surface area (Å²) in [6.45, 7) is 0. The van der Waals surface area contributed by atoms with Gasteiger partial charge in [0.1, 0.15) is 0 Å². The summed E-state index contributed by atoms with van der Waals surface area (Å²) in [5.41, 5.74) is 0. The van der Waals surface area contributed by atoms with Gasteiger partial charge in [0, 0.05) is 6.08 Å². The monoisotopic (exact) mass is 209 g/mol. The molecular weight excluding hydrogens is 205 g/mol. The number of aliphatic hydroxyl groups is 1. The number of allylic oxidation sites excluding steroid dienone is 2. The summed E-state index contributed by atoms with van der Waals surface area (Å²) in [5.74, 6) is 0. The van der Waals surface area contributed by atoms with Crippen LogP contribution in [0.15, 0.2) is 23.3 Å².